The summed E-state index contributed by atoms with van der Waals surface area (Å²) in [5, 5.41) is 18.7. The number of hydrogen-bond donors (Lipinski definition) is 0. The standard InChI is InChI=1S/C15H9N3O/c16-6-8-19-11-4-5-12-13(10-17)14-3-1-2-7-18(14)15(12)9-11/h1-5,7,9H,8H2. The van der Waals surface area contributed by atoms with Crippen molar-refractivity contribution in [2.75, 3.05) is 6.61 Å². The van der Waals surface area contributed by atoms with E-state index in [1.807, 2.05) is 47.0 Å². The molecule has 0 atom stereocenters. The monoisotopic (exact) mass is 247 g/mol. The molecule has 0 aliphatic heterocycles. The number of nitriles is 2. The SMILES string of the molecule is N#CCOc1ccc2c(C#N)c3ccccn3c2c1. The largest absolute Gasteiger partial charge is 0.479 e. The molecule has 0 spiro atoms. The number of fused-ring (bicyclic) bond motifs is 3. The normalized spacial score (nSPS) is 10.2. The Morgan fingerprint density at radius 2 is 2.00 bits per heavy atom. The Labute approximate surface area is 109 Å². The second-order valence-electron chi connectivity index (χ2n) is 4.07. The fourth-order valence-electron chi connectivity index (χ4n) is 2.24. The van der Waals surface area contributed by atoms with Crippen molar-refractivity contribution in [1.29, 1.82) is 10.5 Å². The molecule has 4 heteroatoms. The van der Waals surface area contributed by atoms with E-state index in [0.717, 1.165) is 16.4 Å². The summed E-state index contributed by atoms with van der Waals surface area (Å²) in [5.74, 6) is 0.627. The van der Waals surface area contributed by atoms with E-state index in [1.54, 1.807) is 6.07 Å². The van der Waals surface area contributed by atoms with Gasteiger partial charge in [-0.15, -0.1) is 0 Å². The van der Waals surface area contributed by atoms with Gasteiger partial charge in [0.1, 0.15) is 17.9 Å². The summed E-state index contributed by atoms with van der Waals surface area (Å²) >= 11 is 0. The topological polar surface area (TPSA) is 61.2 Å². The molecular formula is C15H9N3O. The molecule has 0 radical (unpaired) electrons. The van der Waals surface area contributed by atoms with Crippen molar-refractivity contribution in [3.8, 4) is 17.9 Å². The zero-order valence-electron chi connectivity index (χ0n) is 10.00. The molecule has 4 nitrogen and oxygen atoms in total. The highest BCUT2D eigenvalue weighted by molar-refractivity contribution is 5.95. The average molecular weight is 247 g/mol. The van der Waals surface area contributed by atoms with Crippen LogP contribution in [0.25, 0.3) is 16.4 Å². The predicted octanol–water partition coefficient (Wildman–Crippen LogP) is 2.87. The maximum atomic E-state index is 9.30. The third kappa shape index (κ3) is 1.67. The van der Waals surface area contributed by atoms with Crippen molar-refractivity contribution in [3.63, 3.8) is 0 Å². The lowest BCUT2D eigenvalue weighted by atomic mass is 10.1. The van der Waals surface area contributed by atoms with Gasteiger partial charge in [0.25, 0.3) is 0 Å². The number of nitrogens with zero attached hydrogens (tertiary/aromatic N) is 3. The Morgan fingerprint density at radius 3 is 2.79 bits per heavy atom. The first-order chi connectivity index (χ1) is 9.35. The smallest absolute Gasteiger partial charge is 0.174 e. The van der Waals surface area contributed by atoms with E-state index in [9.17, 15) is 5.26 Å². The lowest BCUT2D eigenvalue weighted by Gasteiger charge is -2.02. The van der Waals surface area contributed by atoms with Crippen LogP contribution >= 0.6 is 0 Å². The zero-order chi connectivity index (χ0) is 13.2. The zero-order valence-corrected chi connectivity index (χ0v) is 10.00. The number of aromatic nitrogens is 1. The Morgan fingerprint density at radius 1 is 1.11 bits per heavy atom. The van der Waals surface area contributed by atoms with Crippen molar-refractivity contribution in [3.05, 3.63) is 48.2 Å². The van der Waals surface area contributed by atoms with Crippen molar-refractivity contribution in [1.82, 2.24) is 4.40 Å². The van der Waals surface area contributed by atoms with E-state index in [-0.39, 0.29) is 6.61 Å². The van der Waals surface area contributed by atoms with Gasteiger partial charge in [-0.25, -0.2) is 0 Å². The Hall–Kier alpha value is -2.98. The highest BCUT2D eigenvalue weighted by Crippen LogP contribution is 2.28. The first-order valence-corrected chi connectivity index (χ1v) is 5.78. The minimum absolute atomic E-state index is 0.0138. The molecule has 19 heavy (non-hydrogen) atoms. The van der Waals surface area contributed by atoms with Gasteiger partial charge in [0, 0.05) is 17.6 Å². The van der Waals surface area contributed by atoms with Gasteiger partial charge in [0.15, 0.2) is 6.61 Å². The number of benzene rings is 1. The Bertz CT molecular complexity index is 849. The first kappa shape index (κ1) is 11.1. The van der Waals surface area contributed by atoms with Crippen LogP contribution in [0, 0.1) is 22.7 Å². The molecule has 1 aromatic carbocycles. The highest BCUT2D eigenvalue weighted by atomic mass is 16.5. The molecule has 2 aromatic heterocycles. The molecule has 90 valence electrons. The van der Waals surface area contributed by atoms with Crippen LogP contribution in [-0.4, -0.2) is 11.0 Å². The minimum Gasteiger partial charge on any atom is -0.479 e. The molecule has 0 N–H and O–H groups in total. The summed E-state index contributed by atoms with van der Waals surface area (Å²) in [4.78, 5) is 0. The second kappa shape index (κ2) is 4.36. The molecule has 0 bridgehead atoms. The predicted molar refractivity (Wildman–Crippen MR) is 70.7 cm³/mol. The van der Waals surface area contributed by atoms with Gasteiger partial charge in [-0.3, -0.25) is 0 Å². The van der Waals surface area contributed by atoms with Crippen molar-refractivity contribution >= 4 is 16.4 Å². The average Bonchev–Trinajstić information content (AvgIpc) is 2.78. The summed E-state index contributed by atoms with van der Waals surface area (Å²) in [5.41, 5.74) is 2.43. The first-order valence-electron chi connectivity index (χ1n) is 5.78. The molecule has 0 saturated heterocycles. The van der Waals surface area contributed by atoms with Crippen LogP contribution in [0.15, 0.2) is 42.6 Å². The summed E-state index contributed by atoms with van der Waals surface area (Å²) in [6.45, 7) is 0.0138. The lowest BCUT2D eigenvalue weighted by Crippen LogP contribution is -1.93. The fraction of sp³-hybridized carbons (Fsp3) is 0.0667. The van der Waals surface area contributed by atoms with Crippen molar-refractivity contribution < 1.29 is 4.74 Å². The summed E-state index contributed by atoms with van der Waals surface area (Å²) in [6.07, 6.45) is 1.91. The molecule has 3 aromatic rings. The van der Waals surface area contributed by atoms with Crippen LogP contribution in [0.3, 0.4) is 0 Å². The quantitative estimate of drug-likeness (QED) is 0.699. The summed E-state index contributed by atoms with van der Waals surface area (Å²) < 4.78 is 7.25. The van der Waals surface area contributed by atoms with E-state index < -0.39 is 0 Å². The molecule has 3 rings (SSSR count). The van der Waals surface area contributed by atoms with E-state index in [4.69, 9.17) is 10.00 Å². The van der Waals surface area contributed by atoms with Crippen LogP contribution in [0.5, 0.6) is 5.75 Å². The molecular weight excluding hydrogens is 238 g/mol. The Balaban J connectivity index is 2.31. The van der Waals surface area contributed by atoms with Gasteiger partial charge in [0.05, 0.1) is 16.6 Å². The van der Waals surface area contributed by atoms with Gasteiger partial charge in [-0.2, -0.15) is 10.5 Å². The molecule has 0 aliphatic rings. The second-order valence-corrected chi connectivity index (χ2v) is 4.07. The van der Waals surface area contributed by atoms with E-state index in [1.165, 1.54) is 0 Å². The van der Waals surface area contributed by atoms with Gasteiger partial charge >= 0.3 is 0 Å². The van der Waals surface area contributed by atoms with Gasteiger partial charge in [0.2, 0.25) is 0 Å². The maximum absolute atomic E-state index is 9.30. The van der Waals surface area contributed by atoms with Crippen molar-refractivity contribution in [2.45, 2.75) is 0 Å². The van der Waals surface area contributed by atoms with Crippen molar-refractivity contribution in [2.24, 2.45) is 0 Å². The third-order valence-electron chi connectivity index (χ3n) is 3.03. The molecule has 0 unspecified atom stereocenters. The summed E-state index contributed by atoms with van der Waals surface area (Å²) in [7, 11) is 0. The van der Waals surface area contributed by atoms with Crippen LogP contribution in [0.4, 0.5) is 0 Å². The van der Waals surface area contributed by atoms with Crippen LogP contribution in [0.2, 0.25) is 0 Å². The molecule has 0 aliphatic carbocycles. The molecule has 0 saturated carbocycles. The molecule has 0 fully saturated rings. The number of pyridine rings is 1. The number of ether oxygens (including phenoxy) is 1. The number of hydrogen-bond acceptors (Lipinski definition) is 3. The van der Waals surface area contributed by atoms with Gasteiger partial charge < -0.3 is 9.14 Å². The highest BCUT2D eigenvalue weighted by Gasteiger charge is 2.11. The molecule has 2 heterocycles. The van der Waals surface area contributed by atoms with Crippen LogP contribution in [0.1, 0.15) is 5.56 Å². The van der Waals surface area contributed by atoms with E-state index >= 15 is 0 Å². The minimum atomic E-state index is 0.0138. The van der Waals surface area contributed by atoms with Crippen LogP contribution < -0.4 is 4.74 Å². The van der Waals surface area contributed by atoms with Gasteiger partial charge in [-0.05, 0) is 24.3 Å². The maximum Gasteiger partial charge on any atom is 0.174 e. The van der Waals surface area contributed by atoms with E-state index in [0.29, 0.717) is 11.3 Å². The summed E-state index contributed by atoms with van der Waals surface area (Å²) in [6, 6.07) is 15.4. The fourth-order valence-corrected chi connectivity index (χ4v) is 2.24. The number of rotatable bonds is 2. The Kier molecular flexibility index (Phi) is 2.55. The van der Waals surface area contributed by atoms with E-state index in [2.05, 4.69) is 6.07 Å². The lowest BCUT2D eigenvalue weighted by molar-refractivity contribution is 0.368. The van der Waals surface area contributed by atoms with Gasteiger partial charge in [-0.1, -0.05) is 6.07 Å². The third-order valence-corrected chi connectivity index (χ3v) is 3.03. The molecule has 0 amide bonds. The van der Waals surface area contributed by atoms with Crippen LogP contribution in [-0.2, 0) is 0 Å².